The van der Waals surface area contributed by atoms with Crippen LogP contribution in [0.15, 0.2) is 12.1 Å². The van der Waals surface area contributed by atoms with E-state index in [4.69, 9.17) is 4.98 Å². The molecule has 0 aliphatic heterocycles. The second-order valence-electron chi connectivity index (χ2n) is 5.71. The van der Waals surface area contributed by atoms with Gasteiger partial charge in [0.25, 0.3) is 0 Å². The molecule has 0 saturated carbocycles. The van der Waals surface area contributed by atoms with Crippen LogP contribution in [-0.4, -0.2) is 23.2 Å². The average molecular weight is 250 g/mol. The fraction of sp³-hybridized carbons (Fsp3) is 0.667. The summed E-state index contributed by atoms with van der Waals surface area (Å²) in [6.45, 7) is 12.8. The maximum atomic E-state index is 9.39. The molecule has 0 unspecified atom stereocenters. The first-order valence-corrected chi connectivity index (χ1v) is 6.79. The zero-order valence-corrected chi connectivity index (χ0v) is 12.3. The number of anilines is 1. The van der Waals surface area contributed by atoms with Crippen molar-refractivity contribution < 1.29 is 5.11 Å². The maximum Gasteiger partial charge on any atom is 0.129 e. The number of aliphatic hydroxyl groups is 1. The summed E-state index contributed by atoms with van der Waals surface area (Å²) in [5.41, 5.74) is 1.99. The van der Waals surface area contributed by atoms with Crippen LogP contribution in [0, 0.1) is 0 Å². The van der Waals surface area contributed by atoms with Gasteiger partial charge in [0.05, 0.1) is 6.61 Å². The summed E-state index contributed by atoms with van der Waals surface area (Å²) in [4.78, 5) is 7.02. The molecule has 0 saturated heterocycles. The molecule has 18 heavy (non-hydrogen) atoms. The Labute approximate surface area is 111 Å². The van der Waals surface area contributed by atoms with Gasteiger partial charge in [0.2, 0.25) is 0 Å². The van der Waals surface area contributed by atoms with Crippen molar-refractivity contribution >= 4 is 5.82 Å². The normalized spacial score (nSPS) is 11.7. The minimum Gasteiger partial charge on any atom is -0.392 e. The molecule has 3 heteroatoms. The van der Waals surface area contributed by atoms with Gasteiger partial charge in [0.15, 0.2) is 0 Å². The van der Waals surface area contributed by atoms with Crippen LogP contribution < -0.4 is 4.90 Å². The summed E-state index contributed by atoms with van der Waals surface area (Å²) in [7, 11) is 0. The summed E-state index contributed by atoms with van der Waals surface area (Å²) in [5, 5.41) is 9.39. The molecule has 1 aromatic heterocycles. The number of aliphatic hydroxyl groups excluding tert-OH is 1. The van der Waals surface area contributed by atoms with E-state index in [0.29, 0.717) is 0 Å². The first-order valence-electron chi connectivity index (χ1n) is 6.79. The van der Waals surface area contributed by atoms with Gasteiger partial charge in [-0.25, -0.2) is 4.98 Å². The molecule has 0 bridgehead atoms. The highest BCUT2D eigenvalue weighted by Gasteiger charge is 2.18. The lowest BCUT2D eigenvalue weighted by atomic mass is 9.91. The molecular weight excluding hydrogens is 224 g/mol. The monoisotopic (exact) mass is 250 g/mol. The molecule has 102 valence electrons. The fourth-order valence-electron chi connectivity index (χ4n) is 1.91. The highest BCUT2D eigenvalue weighted by Crippen LogP contribution is 2.25. The van der Waals surface area contributed by atoms with E-state index in [-0.39, 0.29) is 12.0 Å². The smallest absolute Gasteiger partial charge is 0.129 e. The summed E-state index contributed by atoms with van der Waals surface area (Å²) in [6.07, 6.45) is 1.10. The van der Waals surface area contributed by atoms with Gasteiger partial charge < -0.3 is 10.0 Å². The largest absolute Gasteiger partial charge is 0.392 e. The molecule has 0 radical (unpaired) electrons. The lowest BCUT2D eigenvalue weighted by Crippen LogP contribution is -2.26. The Hall–Kier alpha value is -1.09. The molecule has 0 aliphatic rings. The lowest BCUT2D eigenvalue weighted by molar-refractivity contribution is 0.281. The van der Waals surface area contributed by atoms with Crippen LogP contribution in [0.4, 0.5) is 5.82 Å². The SMILES string of the molecule is CCCN(CC)c1cc(CO)cc(C(C)(C)C)n1. The molecule has 0 fully saturated rings. The van der Waals surface area contributed by atoms with Crippen molar-refractivity contribution in [3.05, 3.63) is 23.4 Å². The van der Waals surface area contributed by atoms with Crippen molar-refractivity contribution in [3.8, 4) is 0 Å². The van der Waals surface area contributed by atoms with Crippen LogP contribution in [0.1, 0.15) is 52.3 Å². The number of hydrogen-bond acceptors (Lipinski definition) is 3. The minimum absolute atomic E-state index is 0.00551. The molecule has 0 aromatic carbocycles. The van der Waals surface area contributed by atoms with Gasteiger partial charge in [-0.1, -0.05) is 27.7 Å². The molecule has 1 rings (SSSR count). The molecule has 3 nitrogen and oxygen atoms in total. The van der Waals surface area contributed by atoms with Crippen molar-refractivity contribution in [2.75, 3.05) is 18.0 Å². The van der Waals surface area contributed by atoms with E-state index in [9.17, 15) is 5.11 Å². The van der Waals surface area contributed by atoms with E-state index >= 15 is 0 Å². The van der Waals surface area contributed by atoms with Crippen LogP contribution in [0.2, 0.25) is 0 Å². The van der Waals surface area contributed by atoms with E-state index < -0.39 is 0 Å². The highest BCUT2D eigenvalue weighted by molar-refractivity contribution is 5.43. The van der Waals surface area contributed by atoms with Crippen molar-refractivity contribution in [1.29, 1.82) is 0 Å². The molecule has 0 aliphatic carbocycles. The van der Waals surface area contributed by atoms with Crippen molar-refractivity contribution in [3.63, 3.8) is 0 Å². The quantitative estimate of drug-likeness (QED) is 0.872. The van der Waals surface area contributed by atoms with Gasteiger partial charge >= 0.3 is 0 Å². The summed E-state index contributed by atoms with van der Waals surface area (Å²) in [5.74, 6) is 0.982. The maximum absolute atomic E-state index is 9.39. The van der Waals surface area contributed by atoms with E-state index in [0.717, 1.165) is 36.6 Å². The second-order valence-corrected chi connectivity index (χ2v) is 5.71. The van der Waals surface area contributed by atoms with Gasteiger partial charge in [0, 0.05) is 24.2 Å². The topological polar surface area (TPSA) is 36.4 Å². The Morgan fingerprint density at radius 3 is 2.33 bits per heavy atom. The summed E-state index contributed by atoms with van der Waals surface area (Å²) in [6, 6.07) is 4.00. The molecule has 0 atom stereocenters. The average Bonchev–Trinajstić information content (AvgIpc) is 2.34. The molecule has 1 heterocycles. The van der Waals surface area contributed by atoms with Crippen molar-refractivity contribution in [2.45, 2.75) is 53.1 Å². The molecule has 0 spiro atoms. The van der Waals surface area contributed by atoms with E-state index in [1.165, 1.54) is 0 Å². The van der Waals surface area contributed by atoms with Crippen LogP contribution in [-0.2, 0) is 12.0 Å². The van der Waals surface area contributed by atoms with Gasteiger partial charge in [-0.05, 0) is 31.0 Å². The fourth-order valence-corrected chi connectivity index (χ4v) is 1.91. The third kappa shape index (κ3) is 3.70. The van der Waals surface area contributed by atoms with Crippen LogP contribution in [0.5, 0.6) is 0 Å². The summed E-state index contributed by atoms with van der Waals surface area (Å²) >= 11 is 0. The Morgan fingerprint density at radius 1 is 1.22 bits per heavy atom. The van der Waals surface area contributed by atoms with Crippen molar-refractivity contribution in [1.82, 2.24) is 4.98 Å². The molecule has 1 N–H and O–H groups in total. The van der Waals surface area contributed by atoms with Gasteiger partial charge in [-0.3, -0.25) is 0 Å². The third-order valence-corrected chi connectivity index (χ3v) is 3.02. The molecular formula is C15H26N2O. The number of pyridine rings is 1. The van der Waals surface area contributed by atoms with Crippen LogP contribution in [0.3, 0.4) is 0 Å². The van der Waals surface area contributed by atoms with E-state index in [1.54, 1.807) is 0 Å². The predicted molar refractivity (Wildman–Crippen MR) is 77.0 cm³/mol. The zero-order chi connectivity index (χ0) is 13.8. The van der Waals surface area contributed by atoms with Crippen LogP contribution >= 0.6 is 0 Å². The minimum atomic E-state index is 0.00551. The molecule has 0 amide bonds. The number of nitrogens with zero attached hydrogens (tertiary/aromatic N) is 2. The Bertz CT molecular complexity index is 383. The zero-order valence-electron chi connectivity index (χ0n) is 12.3. The van der Waals surface area contributed by atoms with E-state index in [1.807, 2.05) is 12.1 Å². The first kappa shape index (κ1) is 15.0. The van der Waals surface area contributed by atoms with Gasteiger partial charge in [-0.15, -0.1) is 0 Å². The molecule has 1 aromatic rings. The Balaban J connectivity index is 3.18. The number of hydrogen-bond donors (Lipinski definition) is 1. The standard InChI is InChI=1S/C15H26N2O/c1-6-8-17(7-2)14-10-12(11-18)9-13(16-14)15(3,4)5/h9-10,18H,6-8,11H2,1-5H3. The number of aromatic nitrogens is 1. The third-order valence-electron chi connectivity index (χ3n) is 3.02. The first-order chi connectivity index (χ1) is 8.42. The Kier molecular flexibility index (Phi) is 5.15. The Morgan fingerprint density at radius 2 is 1.89 bits per heavy atom. The number of rotatable bonds is 5. The lowest BCUT2D eigenvalue weighted by Gasteiger charge is -2.25. The van der Waals surface area contributed by atoms with Crippen LogP contribution in [0.25, 0.3) is 0 Å². The highest BCUT2D eigenvalue weighted by atomic mass is 16.3. The summed E-state index contributed by atoms with van der Waals surface area (Å²) < 4.78 is 0. The van der Waals surface area contributed by atoms with Gasteiger partial charge in [-0.2, -0.15) is 0 Å². The van der Waals surface area contributed by atoms with Crippen molar-refractivity contribution in [2.24, 2.45) is 0 Å². The van der Waals surface area contributed by atoms with E-state index in [2.05, 4.69) is 39.5 Å². The predicted octanol–water partition coefficient (Wildman–Crippen LogP) is 3.11. The second kappa shape index (κ2) is 6.19. The van der Waals surface area contributed by atoms with Gasteiger partial charge in [0.1, 0.15) is 5.82 Å².